The van der Waals surface area contributed by atoms with Crippen molar-refractivity contribution in [3.63, 3.8) is 0 Å². The first kappa shape index (κ1) is 7.54. The lowest BCUT2D eigenvalue weighted by molar-refractivity contribution is 0.474. The zero-order chi connectivity index (χ0) is 7.40. The molecule has 1 rings (SSSR count). The van der Waals surface area contributed by atoms with Gasteiger partial charge in [-0.2, -0.15) is 0 Å². The number of pyridine rings is 1. The SMILES string of the molecule is CSc1cccc(CF)n1. The molecule has 1 aromatic rings. The molecular weight excluding hydrogens is 149 g/mol. The van der Waals surface area contributed by atoms with Gasteiger partial charge in [0, 0.05) is 0 Å². The molecule has 0 aliphatic rings. The van der Waals surface area contributed by atoms with E-state index in [1.54, 1.807) is 6.07 Å². The number of hydrogen-bond donors (Lipinski definition) is 0. The molecule has 0 fully saturated rings. The molecule has 0 saturated carbocycles. The summed E-state index contributed by atoms with van der Waals surface area (Å²) in [5.41, 5.74) is 0.506. The summed E-state index contributed by atoms with van der Waals surface area (Å²) in [6.07, 6.45) is 1.92. The van der Waals surface area contributed by atoms with Crippen LogP contribution < -0.4 is 0 Å². The van der Waals surface area contributed by atoms with E-state index in [1.807, 2.05) is 18.4 Å². The van der Waals surface area contributed by atoms with Crippen LogP contribution in [-0.4, -0.2) is 11.2 Å². The highest BCUT2D eigenvalue weighted by molar-refractivity contribution is 7.98. The second kappa shape index (κ2) is 3.56. The summed E-state index contributed by atoms with van der Waals surface area (Å²) in [5.74, 6) is 0. The average molecular weight is 157 g/mol. The van der Waals surface area contributed by atoms with Gasteiger partial charge in [-0.05, 0) is 18.4 Å². The van der Waals surface area contributed by atoms with Crippen molar-refractivity contribution in [1.82, 2.24) is 4.98 Å². The molecule has 10 heavy (non-hydrogen) atoms. The van der Waals surface area contributed by atoms with E-state index in [0.717, 1.165) is 5.03 Å². The van der Waals surface area contributed by atoms with Gasteiger partial charge in [0.25, 0.3) is 0 Å². The van der Waals surface area contributed by atoms with Gasteiger partial charge in [0.05, 0.1) is 10.7 Å². The van der Waals surface area contributed by atoms with Gasteiger partial charge in [-0.3, -0.25) is 0 Å². The Hall–Kier alpha value is -0.570. The first-order valence-electron chi connectivity index (χ1n) is 2.92. The summed E-state index contributed by atoms with van der Waals surface area (Å²) in [5, 5.41) is 0.871. The highest BCUT2D eigenvalue weighted by atomic mass is 32.2. The van der Waals surface area contributed by atoms with Crippen LogP contribution in [0, 0.1) is 0 Å². The zero-order valence-corrected chi connectivity index (χ0v) is 6.49. The Morgan fingerprint density at radius 1 is 1.60 bits per heavy atom. The molecule has 0 aromatic carbocycles. The molecule has 0 N–H and O–H groups in total. The van der Waals surface area contributed by atoms with E-state index in [0.29, 0.717) is 5.69 Å². The minimum absolute atomic E-state index is 0.478. The number of hydrogen-bond acceptors (Lipinski definition) is 2. The fraction of sp³-hybridized carbons (Fsp3) is 0.286. The molecule has 0 aliphatic carbocycles. The van der Waals surface area contributed by atoms with E-state index in [1.165, 1.54) is 11.8 Å². The largest absolute Gasteiger partial charge is 0.244 e. The smallest absolute Gasteiger partial charge is 0.131 e. The normalized spacial score (nSPS) is 9.80. The second-order valence-electron chi connectivity index (χ2n) is 1.80. The Morgan fingerprint density at radius 2 is 2.40 bits per heavy atom. The molecule has 0 atom stereocenters. The molecule has 0 radical (unpaired) electrons. The third-order valence-electron chi connectivity index (χ3n) is 1.13. The second-order valence-corrected chi connectivity index (χ2v) is 2.63. The van der Waals surface area contributed by atoms with E-state index in [4.69, 9.17) is 0 Å². The lowest BCUT2D eigenvalue weighted by atomic mass is 10.4. The summed E-state index contributed by atoms with van der Waals surface area (Å²) >= 11 is 1.52. The molecular formula is C7H8FNS. The molecule has 3 heteroatoms. The van der Waals surface area contributed by atoms with E-state index >= 15 is 0 Å². The Labute approximate surface area is 63.7 Å². The van der Waals surface area contributed by atoms with Crippen molar-refractivity contribution in [2.75, 3.05) is 6.26 Å². The number of halogens is 1. The third kappa shape index (κ3) is 1.70. The van der Waals surface area contributed by atoms with Gasteiger partial charge in [-0.1, -0.05) is 6.07 Å². The molecule has 0 spiro atoms. The fourth-order valence-electron chi connectivity index (χ4n) is 0.646. The van der Waals surface area contributed by atoms with Crippen LogP contribution in [-0.2, 0) is 6.67 Å². The molecule has 1 heterocycles. The average Bonchev–Trinajstić information content (AvgIpc) is 2.05. The van der Waals surface area contributed by atoms with Gasteiger partial charge >= 0.3 is 0 Å². The summed E-state index contributed by atoms with van der Waals surface area (Å²) < 4.78 is 12.0. The van der Waals surface area contributed by atoms with Gasteiger partial charge in [0.15, 0.2) is 0 Å². The van der Waals surface area contributed by atoms with E-state index in [-0.39, 0.29) is 0 Å². The van der Waals surface area contributed by atoms with Crippen molar-refractivity contribution >= 4 is 11.8 Å². The number of nitrogens with zero attached hydrogens (tertiary/aromatic N) is 1. The van der Waals surface area contributed by atoms with E-state index < -0.39 is 6.67 Å². The Morgan fingerprint density at radius 3 is 3.00 bits per heavy atom. The maximum absolute atomic E-state index is 12.0. The molecule has 0 aliphatic heterocycles. The number of aromatic nitrogens is 1. The van der Waals surface area contributed by atoms with Gasteiger partial charge in [0.2, 0.25) is 0 Å². The van der Waals surface area contributed by atoms with Gasteiger partial charge in [0.1, 0.15) is 6.67 Å². The van der Waals surface area contributed by atoms with Crippen LogP contribution in [0.4, 0.5) is 4.39 Å². The van der Waals surface area contributed by atoms with Crippen LogP contribution in [0.5, 0.6) is 0 Å². The molecule has 1 nitrogen and oxygen atoms in total. The number of alkyl halides is 1. The maximum Gasteiger partial charge on any atom is 0.131 e. The van der Waals surface area contributed by atoms with Crippen LogP contribution in [0.1, 0.15) is 5.69 Å². The van der Waals surface area contributed by atoms with Crippen LogP contribution in [0.15, 0.2) is 23.2 Å². The van der Waals surface area contributed by atoms with Crippen LogP contribution in [0.25, 0.3) is 0 Å². The molecule has 1 aromatic heterocycles. The maximum atomic E-state index is 12.0. The molecule has 0 bridgehead atoms. The predicted octanol–water partition coefficient (Wildman–Crippen LogP) is 2.27. The third-order valence-corrected chi connectivity index (χ3v) is 1.77. The summed E-state index contributed by atoms with van der Waals surface area (Å²) in [7, 11) is 0. The Kier molecular flexibility index (Phi) is 2.68. The van der Waals surface area contributed by atoms with Crippen LogP contribution in [0.3, 0.4) is 0 Å². The summed E-state index contributed by atoms with van der Waals surface area (Å²) in [4.78, 5) is 4.00. The van der Waals surface area contributed by atoms with Gasteiger partial charge in [-0.15, -0.1) is 11.8 Å². The number of rotatable bonds is 2. The predicted molar refractivity (Wildman–Crippen MR) is 40.8 cm³/mol. The molecule has 54 valence electrons. The lowest BCUT2D eigenvalue weighted by Crippen LogP contribution is -1.85. The van der Waals surface area contributed by atoms with Gasteiger partial charge in [-0.25, -0.2) is 9.37 Å². The Bertz CT molecular complexity index is 195. The van der Waals surface area contributed by atoms with E-state index in [9.17, 15) is 4.39 Å². The molecule has 0 amide bonds. The first-order valence-corrected chi connectivity index (χ1v) is 4.15. The molecule has 0 saturated heterocycles. The van der Waals surface area contributed by atoms with Crippen LogP contribution in [0.2, 0.25) is 0 Å². The standard InChI is InChI=1S/C7H8FNS/c1-10-7-4-2-3-6(5-8)9-7/h2-4H,5H2,1H3. The van der Waals surface area contributed by atoms with Crippen molar-refractivity contribution in [3.8, 4) is 0 Å². The topological polar surface area (TPSA) is 12.9 Å². The van der Waals surface area contributed by atoms with Crippen molar-refractivity contribution < 1.29 is 4.39 Å². The van der Waals surface area contributed by atoms with Crippen molar-refractivity contribution in [1.29, 1.82) is 0 Å². The van der Waals surface area contributed by atoms with Crippen LogP contribution >= 0.6 is 11.8 Å². The van der Waals surface area contributed by atoms with Gasteiger partial charge < -0.3 is 0 Å². The van der Waals surface area contributed by atoms with E-state index in [2.05, 4.69) is 4.98 Å². The first-order chi connectivity index (χ1) is 4.86. The minimum atomic E-state index is -0.478. The lowest BCUT2D eigenvalue weighted by Gasteiger charge is -1.95. The quantitative estimate of drug-likeness (QED) is 0.611. The summed E-state index contributed by atoms with van der Waals surface area (Å²) in [6.45, 7) is -0.478. The number of thioether (sulfide) groups is 1. The van der Waals surface area contributed by atoms with Crippen molar-refractivity contribution in [2.45, 2.75) is 11.7 Å². The minimum Gasteiger partial charge on any atom is -0.244 e. The fourth-order valence-corrected chi connectivity index (χ4v) is 1.07. The molecule has 0 unspecified atom stereocenters. The summed E-state index contributed by atoms with van der Waals surface area (Å²) in [6, 6.07) is 5.36. The Balaban J connectivity index is 2.87. The van der Waals surface area contributed by atoms with Crippen molar-refractivity contribution in [2.24, 2.45) is 0 Å². The highest BCUT2D eigenvalue weighted by Crippen LogP contribution is 2.11. The van der Waals surface area contributed by atoms with Crippen molar-refractivity contribution in [3.05, 3.63) is 23.9 Å². The highest BCUT2D eigenvalue weighted by Gasteiger charge is 1.93. The zero-order valence-electron chi connectivity index (χ0n) is 5.67. The monoisotopic (exact) mass is 157 g/mol.